The van der Waals surface area contributed by atoms with Gasteiger partial charge in [-0.25, -0.2) is 0 Å². The summed E-state index contributed by atoms with van der Waals surface area (Å²) in [5.74, 6) is 3.40. The molecule has 0 aromatic heterocycles. The molecule has 1 aromatic carbocycles. The Balaban J connectivity index is 1.55. The first-order valence-electron chi connectivity index (χ1n) is 6.96. The molecule has 0 bridgehead atoms. The normalized spacial score (nSPS) is 14.7. The molecule has 5 heteroatoms. The highest BCUT2D eigenvalue weighted by Crippen LogP contribution is 2.12. The van der Waals surface area contributed by atoms with Crippen LogP contribution in [0, 0.1) is 5.92 Å². The summed E-state index contributed by atoms with van der Waals surface area (Å²) in [6, 6.07) is 7.95. The minimum Gasteiger partial charge on any atom is -0.497 e. The number of hydrogen-bond donors (Lipinski definition) is 2. The van der Waals surface area contributed by atoms with Gasteiger partial charge in [-0.05, 0) is 48.9 Å². The lowest BCUT2D eigenvalue weighted by Gasteiger charge is -2.26. The predicted octanol–water partition coefficient (Wildman–Crippen LogP) is 1.31. The first-order chi connectivity index (χ1) is 9.78. The standard InChI is InChI=1S/C15H22N2O2S/c1-19-14-4-2-12(3-5-14)6-7-17-15(18)11-20-10-13-8-16-9-13/h2-5,13,16H,6-11H2,1H3,(H,17,18). The van der Waals surface area contributed by atoms with Gasteiger partial charge in [-0.3, -0.25) is 4.79 Å². The number of thioether (sulfide) groups is 1. The van der Waals surface area contributed by atoms with Crippen molar-refractivity contribution >= 4 is 17.7 Å². The molecule has 1 amide bonds. The van der Waals surface area contributed by atoms with E-state index >= 15 is 0 Å². The van der Waals surface area contributed by atoms with Gasteiger partial charge >= 0.3 is 0 Å². The van der Waals surface area contributed by atoms with Gasteiger partial charge < -0.3 is 15.4 Å². The van der Waals surface area contributed by atoms with Crippen molar-refractivity contribution in [2.24, 2.45) is 5.92 Å². The average molecular weight is 294 g/mol. The van der Waals surface area contributed by atoms with E-state index in [1.165, 1.54) is 5.56 Å². The number of ether oxygens (including phenoxy) is 1. The maximum atomic E-state index is 11.7. The molecular formula is C15H22N2O2S. The fourth-order valence-electron chi connectivity index (χ4n) is 1.97. The van der Waals surface area contributed by atoms with E-state index in [-0.39, 0.29) is 5.91 Å². The zero-order valence-corrected chi connectivity index (χ0v) is 12.7. The van der Waals surface area contributed by atoms with Crippen LogP contribution in [-0.4, -0.2) is 44.2 Å². The second-order valence-electron chi connectivity index (χ2n) is 4.99. The Kier molecular flexibility index (Phi) is 6.21. The van der Waals surface area contributed by atoms with Crippen molar-refractivity contribution in [3.8, 4) is 5.75 Å². The molecule has 20 heavy (non-hydrogen) atoms. The number of methoxy groups -OCH3 is 1. The predicted molar refractivity (Wildman–Crippen MR) is 83.4 cm³/mol. The highest BCUT2D eigenvalue weighted by Gasteiger charge is 2.16. The zero-order valence-electron chi connectivity index (χ0n) is 11.9. The number of rotatable bonds is 8. The van der Waals surface area contributed by atoms with E-state index in [0.717, 1.165) is 36.9 Å². The summed E-state index contributed by atoms with van der Waals surface area (Å²) < 4.78 is 5.11. The van der Waals surface area contributed by atoms with Crippen LogP contribution in [0.4, 0.5) is 0 Å². The Morgan fingerprint density at radius 2 is 2.15 bits per heavy atom. The van der Waals surface area contributed by atoms with Gasteiger partial charge in [0.1, 0.15) is 5.75 Å². The zero-order chi connectivity index (χ0) is 14.2. The number of nitrogens with one attached hydrogen (secondary N) is 2. The van der Waals surface area contributed by atoms with Crippen molar-refractivity contribution in [3.63, 3.8) is 0 Å². The third kappa shape index (κ3) is 5.06. The molecule has 0 radical (unpaired) electrons. The van der Waals surface area contributed by atoms with Gasteiger partial charge in [0.2, 0.25) is 5.91 Å². The Hall–Kier alpha value is -1.20. The number of carbonyl (C=O) groups excluding carboxylic acids is 1. The van der Waals surface area contributed by atoms with Gasteiger partial charge in [0.25, 0.3) is 0 Å². The molecule has 0 unspecified atom stereocenters. The second-order valence-corrected chi connectivity index (χ2v) is 6.02. The van der Waals surface area contributed by atoms with E-state index in [1.54, 1.807) is 18.9 Å². The van der Waals surface area contributed by atoms with Crippen LogP contribution in [0.2, 0.25) is 0 Å². The van der Waals surface area contributed by atoms with Gasteiger partial charge in [0, 0.05) is 6.54 Å². The lowest BCUT2D eigenvalue weighted by atomic mass is 10.1. The van der Waals surface area contributed by atoms with Crippen molar-refractivity contribution in [1.29, 1.82) is 0 Å². The fourth-order valence-corrected chi connectivity index (χ4v) is 2.95. The van der Waals surface area contributed by atoms with Crippen molar-refractivity contribution in [2.75, 3.05) is 38.2 Å². The van der Waals surface area contributed by atoms with Gasteiger partial charge in [-0.2, -0.15) is 11.8 Å². The lowest BCUT2D eigenvalue weighted by molar-refractivity contribution is -0.118. The second kappa shape index (κ2) is 8.17. The molecule has 4 nitrogen and oxygen atoms in total. The first kappa shape index (κ1) is 15.2. The van der Waals surface area contributed by atoms with Crippen LogP contribution in [0.3, 0.4) is 0 Å². The molecule has 2 rings (SSSR count). The van der Waals surface area contributed by atoms with Crippen molar-refractivity contribution in [3.05, 3.63) is 29.8 Å². The summed E-state index contributed by atoms with van der Waals surface area (Å²) in [7, 11) is 1.66. The third-order valence-electron chi connectivity index (χ3n) is 3.35. The Bertz CT molecular complexity index is 418. The highest BCUT2D eigenvalue weighted by atomic mass is 32.2. The SMILES string of the molecule is COc1ccc(CCNC(=O)CSCC2CNC2)cc1. The summed E-state index contributed by atoms with van der Waals surface area (Å²) >= 11 is 1.73. The molecule has 1 aliphatic rings. The maximum Gasteiger partial charge on any atom is 0.230 e. The summed E-state index contributed by atoms with van der Waals surface area (Å²) in [6.07, 6.45) is 0.854. The molecule has 0 atom stereocenters. The minimum absolute atomic E-state index is 0.135. The van der Waals surface area contributed by atoms with Crippen LogP contribution in [-0.2, 0) is 11.2 Å². The molecular weight excluding hydrogens is 272 g/mol. The quantitative estimate of drug-likeness (QED) is 0.759. The molecule has 0 aliphatic carbocycles. The molecule has 1 heterocycles. The molecule has 1 aromatic rings. The molecule has 1 fully saturated rings. The third-order valence-corrected chi connectivity index (χ3v) is 4.52. The Labute approximate surface area is 124 Å². The van der Waals surface area contributed by atoms with E-state index in [0.29, 0.717) is 12.3 Å². The van der Waals surface area contributed by atoms with Crippen LogP contribution in [0.5, 0.6) is 5.75 Å². The molecule has 110 valence electrons. The molecule has 2 N–H and O–H groups in total. The van der Waals surface area contributed by atoms with E-state index in [4.69, 9.17) is 4.74 Å². The first-order valence-corrected chi connectivity index (χ1v) is 8.11. The van der Waals surface area contributed by atoms with Gasteiger partial charge in [-0.15, -0.1) is 0 Å². The van der Waals surface area contributed by atoms with Crippen molar-refractivity contribution in [1.82, 2.24) is 10.6 Å². The van der Waals surface area contributed by atoms with Gasteiger partial charge in [-0.1, -0.05) is 12.1 Å². The van der Waals surface area contributed by atoms with Crippen LogP contribution in [0.25, 0.3) is 0 Å². The number of carbonyl (C=O) groups is 1. The minimum atomic E-state index is 0.135. The van der Waals surface area contributed by atoms with E-state index in [9.17, 15) is 4.79 Å². The number of amides is 1. The largest absolute Gasteiger partial charge is 0.497 e. The van der Waals surface area contributed by atoms with Gasteiger partial charge in [0.15, 0.2) is 0 Å². The van der Waals surface area contributed by atoms with E-state index < -0.39 is 0 Å². The fraction of sp³-hybridized carbons (Fsp3) is 0.533. The molecule has 0 saturated carbocycles. The molecule has 1 saturated heterocycles. The van der Waals surface area contributed by atoms with Gasteiger partial charge in [0.05, 0.1) is 12.9 Å². The number of benzene rings is 1. The van der Waals surface area contributed by atoms with Crippen LogP contribution in [0.15, 0.2) is 24.3 Å². The smallest absolute Gasteiger partial charge is 0.230 e. The monoisotopic (exact) mass is 294 g/mol. The topological polar surface area (TPSA) is 50.4 Å². The van der Waals surface area contributed by atoms with E-state index in [1.807, 2.05) is 24.3 Å². The molecule has 0 spiro atoms. The lowest BCUT2D eigenvalue weighted by Crippen LogP contribution is -2.43. The van der Waals surface area contributed by atoms with Crippen LogP contribution >= 0.6 is 11.8 Å². The van der Waals surface area contributed by atoms with Crippen molar-refractivity contribution < 1.29 is 9.53 Å². The maximum absolute atomic E-state index is 11.7. The summed E-state index contributed by atoms with van der Waals surface area (Å²) in [5, 5.41) is 6.20. The highest BCUT2D eigenvalue weighted by molar-refractivity contribution is 7.99. The average Bonchev–Trinajstić information content (AvgIpc) is 2.42. The number of hydrogen-bond acceptors (Lipinski definition) is 4. The van der Waals surface area contributed by atoms with Crippen molar-refractivity contribution in [2.45, 2.75) is 6.42 Å². The summed E-state index contributed by atoms with van der Waals surface area (Å²) in [4.78, 5) is 11.7. The molecule has 1 aliphatic heterocycles. The Morgan fingerprint density at radius 1 is 1.40 bits per heavy atom. The van der Waals surface area contributed by atoms with Crippen LogP contribution in [0.1, 0.15) is 5.56 Å². The Morgan fingerprint density at radius 3 is 2.75 bits per heavy atom. The summed E-state index contributed by atoms with van der Waals surface area (Å²) in [6.45, 7) is 2.90. The summed E-state index contributed by atoms with van der Waals surface area (Å²) in [5.41, 5.74) is 1.21. The van der Waals surface area contributed by atoms with Crippen LogP contribution < -0.4 is 15.4 Å². The van der Waals surface area contributed by atoms with E-state index in [2.05, 4.69) is 10.6 Å².